The minimum Gasteiger partial charge on any atom is -0.323 e. The summed E-state index contributed by atoms with van der Waals surface area (Å²) >= 11 is 6.27. The summed E-state index contributed by atoms with van der Waals surface area (Å²) in [6, 6.07) is 7.13. The fourth-order valence-electron chi connectivity index (χ4n) is 2.49. The first kappa shape index (κ1) is 16.5. The van der Waals surface area contributed by atoms with Gasteiger partial charge in [0.15, 0.2) is 0 Å². The number of halogens is 1. The number of hydrogen-bond donors (Lipinski definition) is 1. The van der Waals surface area contributed by atoms with Crippen LogP contribution in [0.3, 0.4) is 0 Å². The van der Waals surface area contributed by atoms with Crippen LogP contribution >= 0.6 is 11.6 Å². The Bertz CT molecular complexity index is 648. The Balaban J connectivity index is 2.30. The van der Waals surface area contributed by atoms with Crippen molar-refractivity contribution in [1.82, 2.24) is 9.88 Å². The van der Waals surface area contributed by atoms with Crippen LogP contribution in [0.1, 0.15) is 22.7 Å². The first-order valence-electron chi connectivity index (χ1n) is 7.04. The van der Waals surface area contributed by atoms with E-state index in [4.69, 9.17) is 11.6 Å². The van der Waals surface area contributed by atoms with E-state index in [1.165, 1.54) is 0 Å². The molecule has 116 valence electrons. The molecule has 1 atom stereocenters. The number of nitrogens with zero attached hydrogens (tertiary/aromatic N) is 2. The van der Waals surface area contributed by atoms with E-state index in [1.54, 1.807) is 12.4 Å². The lowest BCUT2D eigenvalue weighted by Gasteiger charge is -2.24. The molecular formula is C17H20ClN3O. The van der Waals surface area contributed by atoms with Crippen molar-refractivity contribution in [3.63, 3.8) is 0 Å². The largest absolute Gasteiger partial charge is 0.323 e. The van der Waals surface area contributed by atoms with Crippen molar-refractivity contribution in [2.75, 3.05) is 19.4 Å². The zero-order valence-corrected chi connectivity index (χ0v) is 14.0. The second-order valence-electron chi connectivity index (χ2n) is 5.58. The van der Waals surface area contributed by atoms with Gasteiger partial charge in [0.25, 0.3) is 0 Å². The van der Waals surface area contributed by atoms with E-state index in [1.807, 2.05) is 57.1 Å². The van der Waals surface area contributed by atoms with Gasteiger partial charge in [0.05, 0.1) is 10.7 Å². The molecule has 1 heterocycles. The van der Waals surface area contributed by atoms with Crippen molar-refractivity contribution in [3.8, 4) is 0 Å². The molecular weight excluding hydrogens is 298 g/mol. The number of nitrogens with one attached hydrogen (secondary N) is 1. The summed E-state index contributed by atoms with van der Waals surface area (Å²) in [5, 5.41) is 3.50. The molecule has 22 heavy (non-hydrogen) atoms. The van der Waals surface area contributed by atoms with Gasteiger partial charge in [-0.3, -0.25) is 14.7 Å². The Hall–Kier alpha value is -1.91. The van der Waals surface area contributed by atoms with Gasteiger partial charge in [0.2, 0.25) is 5.91 Å². The van der Waals surface area contributed by atoms with Crippen LogP contribution < -0.4 is 5.32 Å². The van der Waals surface area contributed by atoms with Crippen LogP contribution in [0.5, 0.6) is 0 Å². The van der Waals surface area contributed by atoms with Crippen LogP contribution in [0.15, 0.2) is 36.7 Å². The van der Waals surface area contributed by atoms with Gasteiger partial charge in [-0.15, -0.1) is 0 Å². The van der Waals surface area contributed by atoms with Crippen LogP contribution in [-0.2, 0) is 4.79 Å². The number of hydrogen-bond acceptors (Lipinski definition) is 3. The number of benzene rings is 1. The Labute approximate surface area is 136 Å². The average Bonchev–Trinajstić information content (AvgIpc) is 2.43. The molecule has 0 bridgehead atoms. The molecule has 1 aromatic carbocycles. The van der Waals surface area contributed by atoms with Crippen LogP contribution in [0.4, 0.5) is 5.69 Å². The second kappa shape index (κ2) is 6.90. The van der Waals surface area contributed by atoms with Crippen LogP contribution in [-0.4, -0.2) is 29.9 Å². The van der Waals surface area contributed by atoms with Crippen LogP contribution in [0.25, 0.3) is 0 Å². The standard InChI is InChI=1S/C17H20ClN3O/c1-11-8-12(2)15(14(18)9-11)20-17(22)16(21(3)4)13-6-5-7-19-10-13/h5-10,16H,1-4H3,(H,20,22). The van der Waals surface area contributed by atoms with E-state index in [0.717, 1.165) is 16.7 Å². The topological polar surface area (TPSA) is 45.2 Å². The highest BCUT2D eigenvalue weighted by molar-refractivity contribution is 6.34. The lowest BCUT2D eigenvalue weighted by Crippen LogP contribution is -2.32. The van der Waals surface area contributed by atoms with E-state index in [2.05, 4.69) is 10.3 Å². The normalized spacial score (nSPS) is 12.3. The van der Waals surface area contributed by atoms with Crippen molar-refractivity contribution in [2.24, 2.45) is 0 Å². The van der Waals surface area contributed by atoms with Crippen molar-refractivity contribution < 1.29 is 4.79 Å². The van der Waals surface area contributed by atoms with Gasteiger partial charge in [-0.2, -0.15) is 0 Å². The van der Waals surface area contributed by atoms with E-state index < -0.39 is 6.04 Å². The molecule has 0 aliphatic heterocycles. The van der Waals surface area contributed by atoms with Gasteiger partial charge in [-0.25, -0.2) is 0 Å². The first-order chi connectivity index (χ1) is 10.4. The Morgan fingerprint density at radius 3 is 2.59 bits per heavy atom. The van der Waals surface area contributed by atoms with E-state index in [0.29, 0.717) is 10.7 Å². The Kier molecular flexibility index (Phi) is 5.16. The number of anilines is 1. The predicted octanol–water partition coefficient (Wildman–Crippen LogP) is 3.59. The SMILES string of the molecule is Cc1cc(C)c(NC(=O)C(c2cccnc2)N(C)C)c(Cl)c1. The predicted molar refractivity (Wildman–Crippen MR) is 90.2 cm³/mol. The molecule has 0 saturated heterocycles. The molecule has 0 radical (unpaired) electrons. The highest BCUT2D eigenvalue weighted by atomic mass is 35.5. The van der Waals surface area contributed by atoms with Gasteiger partial charge >= 0.3 is 0 Å². The molecule has 1 amide bonds. The van der Waals surface area contributed by atoms with E-state index in [-0.39, 0.29) is 5.91 Å². The summed E-state index contributed by atoms with van der Waals surface area (Å²) in [5.74, 6) is -0.133. The quantitative estimate of drug-likeness (QED) is 0.937. The maximum atomic E-state index is 12.7. The third kappa shape index (κ3) is 3.64. The van der Waals surface area contributed by atoms with Gasteiger partial charge < -0.3 is 5.32 Å². The molecule has 0 aliphatic carbocycles. The fraction of sp³-hybridized carbons (Fsp3) is 0.294. The third-order valence-corrected chi connectivity index (χ3v) is 3.74. The number of carbonyl (C=O) groups is 1. The molecule has 4 nitrogen and oxygen atoms in total. The molecule has 0 spiro atoms. The first-order valence-corrected chi connectivity index (χ1v) is 7.42. The number of aromatic nitrogens is 1. The van der Waals surface area contributed by atoms with E-state index >= 15 is 0 Å². The molecule has 2 aromatic rings. The monoisotopic (exact) mass is 317 g/mol. The van der Waals surface area contributed by atoms with E-state index in [9.17, 15) is 4.79 Å². The zero-order chi connectivity index (χ0) is 16.3. The van der Waals surface area contributed by atoms with Crippen LogP contribution in [0, 0.1) is 13.8 Å². The maximum Gasteiger partial charge on any atom is 0.246 e. The summed E-state index contributed by atoms with van der Waals surface area (Å²) in [6.07, 6.45) is 3.39. The zero-order valence-electron chi connectivity index (χ0n) is 13.2. The van der Waals surface area contributed by atoms with Crippen molar-refractivity contribution in [2.45, 2.75) is 19.9 Å². The molecule has 1 aromatic heterocycles. The molecule has 5 heteroatoms. The maximum absolute atomic E-state index is 12.7. The summed E-state index contributed by atoms with van der Waals surface area (Å²) in [6.45, 7) is 3.91. The summed E-state index contributed by atoms with van der Waals surface area (Å²) in [4.78, 5) is 18.6. The number of pyridine rings is 1. The summed E-state index contributed by atoms with van der Waals surface area (Å²) < 4.78 is 0. The number of amides is 1. The van der Waals surface area contributed by atoms with Gasteiger partial charge in [0, 0.05) is 12.4 Å². The van der Waals surface area contributed by atoms with Gasteiger partial charge in [-0.05, 0) is 56.8 Å². The smallest absolute Gasteiger partial charge is 0.246 e. The molecule has 2 rings (SSSR count). The molecule has 0 saturated carbocycles. The minimum absolute atomic E-state index is 0.133. The molecule has 0 aliphatic rings. The Morgan fingerprint density at radius 1 is 1.32 bits per heavy atom. The Morgan fingerprint density at radius 2 is 2.05 bits per heavy atom. The third-order valence-electron chi connectivity index (χ3n) is 3.44. The van der Waals surface area contributed by atoms with Crippen molar-refractivity contribution >= 4 is 23.2 Å². The molecule has 1 N–H and O–H groups in total. The lowest BCUT2D eigenvalue weighted by molar-refractivity contribution is -0.120. The second-order valence-corrected chi connectivity index (χ2v) is 5.99. The number of aryl methyl sites for hydroxylation is 2. The fourth-order valence-corrected chi connectivity index (χ4v) is 2.86. The number of rotatable bonds is 4. The van der Waals surface area contributed by atoms with Gasteiger partial charge in [-0.1, -0.05) is 23.7 Å². The lowest BCUT2D eigenvalue weighted by atomic mass is 10.1. The van der Waals surface area contributed by atoms with Gasteiger partial charge in [0.1, 0.15) is 6.04 Å². The number of carbonyl (C=O) groups excluding carboxylic acids is 1. The van der Waals surface area contributed by atoms with Crippen molar-refractivity contribution in [3.05, 3.63) is 58.4 Å². The van der Waals surface area contributed by atoms with Crippen molar-refractivity contribution in [1.29, 1.82) is 0 Å². The minimum atomic E-state index is -0.425. The molecule has 1 unspecified atom stereocenters. The summed E-state index contributed by atoms with van der Waals surface area (Å²) in [7, 11) is 3.72. The average molecular weight is 318 g/mol. The number of likely N-dealkylation sites (N-methyl/N-ethyl adjacent to an activating group) is 1. The highest BCUT2D eigenvalue weighted by Crippen LogP contribution is 2.29. The summed E-state index contributed by atoms with van der Waals surface area (Å²) in [5.41, 5.74) is 3.51. The molecule has 0 fully saturated rings. The highest BCUT2D eigenvalue weighted by Gasteiger charge is 2.24. The van der Waals surface area contributed by atoms with Crippen LogP contribution in [0.2, 0.25) is 5.02 Å².